The van der Waals surface area contributed by atoms with E-state index in [0.717, 1.165) is 17.0 Å². The Labute approximate surface area is 160 Å². The molecule has 0 aliphatic heterocycles. The molecule has 0 aliphatic rings. The number of aromatic nitrogens is 1. The fourth-order valence-electron chi connectivity index (χ4n) is 3.79. The van der Waals surface area contributed by atoms with Crippen LogP contribution in [-0.4, -0.2) is 4.57 Å². The maximum absolute atomic E-state index is 13.6. The molecule has 27 heavy (non-hydrogen) atoms. The van der Waals surface area contributed by atoms with Crippen LogP contribution in [0, 0.1) is 51.8 Å². The molecule has 3 aromatic rings. The van der Waals surface area contributed by atoms with Gasteiger partial charge in [-0.3, -0.25) is 0 Å². The highest BCUT2D eigenvalue weighted by molar-refractivity contribution is 5.90. The molecular weight excluding hydrogens is 335 g/mol. The molecule has 0 saturated heterocycles. The van der Waals surface area contributed by atoms with Gasteiger partial charge in [0.1, 0.15) is 5.82 Å². The van der Waals surface area contributed by atoms with Crippen molar-refractivity contribution in [1.29, 1.82) is 5.26 Å². The Morgan fingerprint density at radius 1 is 1.00 bits per heavy atom. The van der Waals surface area contributed by atoms with Gasteiger partial charge in [0.05, 0.1) is 17.3 Å². The third-order valence-electron chi connectivity index (χ3n) is 4.89. The van der Waals surface area contributed by atoms with Crippen LogP contribution in [-0.2, 0) is 0 Å². The maximum Gasteiger partial charge on any atom is 0.123 e. The molecule has 0 spiro atoms. The average molecular weight is 358 g/mol. The van der Waals surface area contributed by atoms with E-state index in [0.29, 0.717) is 11.1 Å². The van der Waals surface area contributed by atoms with Gasteiger partial charge in [0.2, 0.25) is 0 Å². The van der Waals surface area contributed by atoms with Gasteiger partial charge in [0.25, 0.3) is 0 Å². The van der Waals surface area contributed by atoms with Gasteiger partial charge in [-0.2, -0.15) is 5.26 Å². The van der Waals surface area contributed by atoms with Crippen LogP contribution in [0.25, 0.3) is 17.3 Å². The quantitative estimate of drug-likeness (QED) is 0.511. The van der Waals surface area contributed by atoms with Crippen LogP contribution in [0.5, 0.6) is 0 Å². The predicted molar refractivity (Wildman–Crippen MR) is 109 cm³/mol. The lowest BCUT2D eigenvalue weighted by Gasteiger charge is -2.17. The SMILES string of the molecule is Cc1cc(C)c(-n2c(C)cc(/C=C(/C#N)c3cccc(F)c3)c2C)c(C)c1. The molecule has 0 atom stereocenters. The third kappa shape index (κ3) is 3.57. The number of aryl methyl sites for hydroxylation is 4. The summed E-state index contributed by atoms with van der Waals surface area (Å²) in [6.07, 6.45) is 1.84. The van der Waals surface area contributed by atoms with Crippen LogP contribution in [0.2, 0.25) is 0 Å². The lowest BCUT2D eigenvalue weighted by molar-refractivity contribution is 0.627. The maximum atomic E-state index is 13.6. The van der Waals surface area contributed by atoms with Crippen molar-refractivity contribution in [3.05, 3.63) is 87.5 Å². The first kappa shape index (κ1) is 18.7. The zero-order chi connectivity index (χ0) is 19.7. The van der Waals surface area contributed by atoms with Gasteiger partial charge in [0, 0.05) is 11.4 Å². The molecule has 0 bridgehead atoms. The number of allylic oxidation sites excluding steroid dienone is 1. The number of benzene rings is 2. The lowest BCUT2D eigenvalue weighted by atomic mass is 10.0. The Balaban J connectivity index is 2.16. The summed E-state index contributed by atoms with van der Waals surface area (Å²) < 4.78 is 15.8. The van der Waals surface area contributed by atoms with Crippen LogP contribution in [0.15, 0.2) is 42.5 Å². The predicted octanol–water partition coefficient (Wildman–Crippen LogP) is 6.22. The van der Waals surface area contributed by atoms with Crippen molar-refractivity contribution >= 4 is 11.6 Å². The number of rotatable bonds is 3. The molecule has 2 aromatic carbocycles. The Morgan fingerprint density at radius 3 is 2.26 bits per heavy atom. The van der Waals surface area contributed by atoms with Gasteiger partial charge in [-0.05, 0) is 81.1 Å². The first-order chi connectivity index (χ1) is 12.8. The second-order valence-corrected chi connectivity index (χ2v) is 7.09. The Bertz CT molecular complexity index is 1070. The minimum absolute atomic E-state index is 0.343. The molecule has 3 rings (SSSR count). The highest BCUT2D eigenvalue weighted by Gasteiger charge is 2.14. The average Bonchev–Trinajstić information content (AvgIpc) is 2.86. The van der Waals surface area contributed by atoms with Crippen molar-refractivity contribution in [1.82, 2.24) is 4.57 Å². The molecule has 0 fully saturated rings. The minimum atomic E-state index is -0.343. The van der Waals surface area contributed by atoms with Gasteiger partial charge < -0.3 is 4.57 Å². The van der Waals surface area contributed by atoms with E-state index >= 15 is 0 Å². The van der Waals surface area contributed by atoms with E-state index in [9.17, 15) is 9.65 Å². The monoisotopic (exact) mass is 358 g/mol. The third-order valence-corrected chi connectivity index (χ3v) is 4.89. The summed E-state index contributed by atoms with van der Waals surface area (Å²) in [7, 11) is 0. The summed E-state index contributed by atoms with van der Waals surface area (Å²) in [4.78, 5) is 0. The zero-order valence-electron chi connectivity index (χ0n) is 16.4. The van der Waals surface area contributed by atoms with E-state index in [1.165, 1.54) is 34.5 Å². The van der Waals surface area contributed by atoms with Crippen LogP contribution < -0.4 is 0 Å². The standard InChI is InChI=1S/C24H23FN2/c1-15-9-16(2)24(17(3)10-15)27-18(4)11-21(19(27)5)12-22(14-26)20-7-6-8-23(25)13-20/h6-13H,1-5H3/b22-12-. The van der Waals surface area contributed by atoms with Crippen molar-refractivity contribution in [2.75, 3.05) is 0 Å². The van der Waals surface area contributed by atoms with Crippen LogP contribution in [0.1, 0.15) is 39.2 Å². The molecule has 1 heterocycles. The summed E-state index contributed by atoms with van der Waals surface area (Å²) >= 11 is 0. The molecule has 0 unspecified atom stereocenters. The fraction of sp³-hybridized carbons (Fsp3) is 0.208. The molecule has 0 amide bonds. The number of nitriles is 1. The fourth-order valence-corrected chi connectivity index (χ4v) is 3.79. The van der Waals surface area contributed by atoms with Crippen molar-refractivity contribution in [2.24, 2.45) is 0 Å². The zero-order valence-corrected chi connectivity index (χ0v) is 16.4. The summed E-state index contributed by atoms with van der Waals surface area (Å²) in [6, 6.07) is 14.8. The summed E-state index contributed by atoms with van der Waals surface area (Å²) in [6.45, 7) is 10.5. The molecule has 3 heteroatoms. The lowest BCUT2D eigenvalue weighted by Crippen LogP contribution is -2.04. The number of hydrogen-bond donors (Lipinski definition) is 0. The van der Waals surface area contributed by atoms with E-state index in [-0.39, 0.29) is 5.82 Å². The van der Waals surface area contributed by atoms with Crippen LogP contribution in [0.4, 0.5) is 4.39 Å². The van der Waals surface area contributed by atoms with E-state index < -0.39 is 0 Å². The Morgan fingerprint density at radius 2 is 1.67 bits per heavy atom. The molecule has 2 nitrogen and oxygen atoms in total. The molecule has 0 saturated carbocycles. The Hall–Kier alpha value is -3.12. The molecule has 0 radical (unpaired) electrons. The Kier molecular flexibility index (Phi) is 5.01. The number of nitrogens with zero attached hydrogens (tertiary/aromatic N) is 2. The molecule has 0 N–H and O–H groups in total. The number of hydrogen-bond acceptors (Lipinski definition) is 1. The van der Waals surface area contributed by atoms with Crippen LogP contribution >= 0.6 is 0 Å². The highest BCUT2D eigenvalue weighted by Crippen LogP contribution is 2.29. The summed E-state index contributed by atoms with van der Waals surface area (Å²) in [5.41, 5.74) is 9.03. The van der Waals surface area contributed by atoms with E-state index in [2.05, 4.69) is 63.5 Å². The van der Waals surface area contributed by atoms with Crippen molar-refractivity contribution in [2.45, 2.75) is 34.6 Å². The highest BCUT2D eigenvalue weighted by atomic mass is 19.1. The summed E-state index contributed by atoms with van der Waals surface area (Å²) in [5, 5.41) is 9.59. The largest absolute Gasteiger partial charge is 0.317 e. The van der Waals surface area contributed by atoms with Gasteiger partial charge in [-0.15, -0.1) is 0 Å². The van der Waals surface area contributed by atoms with Gasteiger partial charge in [-0.1, -0.05) is 29.8 Å². The molecule has 0 aliphatic carbocycles. The van der Waals surface area contributed by atoms with Gasteiger partial charge in [0.15, 0.2) is 0 Å². The van der Waals surface area contributed by atoms with E-state index in [1.807, 2.05) is 6.08 Å². The summed E-state index contributed by atoms with van der Waals surface area (Å²) in [5.74, 6) is -0.343. The van der Waals surface area contributed by atoms with Crippen LogP contribution in [0.3, 0.4) is 0 Å². The van der Waals surface area contributed by atoms with Crippen molar-refractivity contribution < 1.29 is 4.39 Å². The number of halogens is 1. The van der Waals surface area contributed by atoms with Gasteiger partial charge >= 0.3 is 0 Å². The topological polar surface area (TPSA) is 28.7 Å². The first-order valence-electron chi connectivity index (χ1n) is 8.96. The smallest absolute Gasteiger partial charge is 0.123 e. The molecule has 136 valence electrons. The molecule has 1 aromatic heterocycles. The molecular formula is C24H23FN2. The van der Waals surface area contributed by atoms with Crippen molar-refractivity contribution in [3.63, 3.8) is 0 Å². The van der Waals surface area contributed by atoms with Crippen molar-refractivity contribution in [3.8, 4) is 11.8 Å². The van der Waals surface area contributed by atoms with E-state index in [1.54, 1.807) is 12.1 Å². The van der Waals surface area contributed by atoms with E-state index in [4.69, 9.17) is 0 Å². The second-order valence-electron chi connectivity index (χ2n) is 7.09. The normalized spacial score (nSPS) is 11.5. The second kappa shape index (κ2) is 7.25. The minimum Gasteiger partial charge on any atom is -0.317 e. The first-order valence-corrected chi connectivity index (χ1v) is 8.96. The van der Waals surface area contributed by atoms with Gasteiger partial charge in [-0.25, -0.2) is 4.39 Å².